The van der Waals surface area contributed by atoms with E-state index in [2.05, 4.69) is 57.0 Å². The fourth-order valence-corrected chi connectivity index (χ4v) is 9.00. The second-order valence-corrected chi connectivity index (χ2v) is 16.7. The maximum Gasteiger partial charge on any atom is 0.407 e. The van der Waals surface area contributed by atoms with Gasteiger partial charge in [-0.25, -0.2) is 19.6 Å². The third kappa shape index (κ3) is 7.80. The molecule has 2 aliphatic heterocycles. The van der Waals surface area contributed by atoms with Gasteiger partial charge in [0.1, 0.15) is 23.7 Å². The molecular weight excluding hydrogens is 737 g/mol. The van der Waals surface area contributed by atoms with Gasteiger partial charge in [0.2, 0.25) is 11.8 Å². The first-order valence-corrected chi connectivity index (χ1v) is 20.5. The maximum atomic E-state index is 13.8. The molecule has 1 unspecified atom stereocenters. The number of hydrogen-bond acceptors (Lipinski definition) is 8. The minimum absolute atomic E-state index is 0.00406. The van der Waals surface area contributed by atoms with Crippen molar-refractivity contribution in [1.82, 2.24) is 40.4 Å². The molecule has 2 aromatic carbocycles. The summed E-state index contributed by atoms with van der Waals surface area (Å²) in [6.07, 6.45) is 7.45. The number of aryl methyl sites for hydroxylation is 2. The normalized spacial score (nSPS) is 21.1. The molecule has 1 aliphatic carbocycles. The summed E-state index contributed by atoms with van der Waals surface area (Å²) in [6, 6.07) is 11.2. The molecule has 0 saturated carbocycles. The molecule has 4 aromatic rings. The maximum absolute atomic E-state index is 13.8. The van der Waals surface area contributed by atoms with Crippen LogP contribution in [0.5, 0.6) is 0 Å². The summed E-state index contributed by atoms with van der Waals surface area (Å²) in [7, 11) is 2.60. The van der Waals surface area contributed by atoms with Crippen molar-refractivity contribution < 1.29 is 28.7 Å². The zero-order chi connectivity index (χ0) is 41.4. The molecule has 4 amide bonds. The molecule has 7 rings (SSSR count). The SMILES string of the molecule is COC(=O)NC(C(=O)N1[C@@H](C)CC[C@H]1c1ncc(-c2ccc3c(c2)CCc2cc(-c4cnc([C@@H]5CC[C@H](C)N5C(=O)[C@@H](NC(=O)OC)C(C)C)[nH]4)ccc2-3)[nH]1)C(C)C. The average Bonchev–Trinajstić information content (AvgIpc) is 4.04. The van der Waals surface area contributed by atoms with Gasteiger partial charge in [-0.05, 0) is 110 Å². The Morgan fingerprint density at radius 2 is 1.05 bits per heavy atom. The number of nitrogens with one attached hydrogen (secondary N) is 4. The van der Waals surface area contributed by atoms with Crippen LogP contribution < -0.4 is 10.6 Å². The fourth-order valence-electron chi connectivity index (χ4n) is 9.00. The Labute approximate surface area is 339 Å². The van der Waals surface area contributed by atoms with Gasteiger partial charge >= 0.3 is 12.2 Å². The molecule has 4 heterocycles. The summed E-state index contributed by atoms with van der Waals surface area (Å²) in [6.45, 7) is 11.7. The molecule has 3 aliphatic rings. The minimum atomic E-state index is -0.701. The molecule has 6 atom stereocenters. The van der Waals surface area contributed by atoms with Gasteiger partial charge in [-0.3, -0.25) is 9.59 Å². The van der Waals surface area contributed by atoms with Gasteiger partial charge in [0.05, 0.1) is 50.1 Å². The first-order valence-electron chi connectivity index (χ1n) is 20.5. The number of alkyl carbamates (subject to hydrolysis) is 2. The highest BCUT2D eigenvalue weighted by Crippen LogP contribution is 2.41. The topological polar surface area (TPSA) is 175 Å². The number of H-pyrrole nitrogens is 2. The lowest BCUT2D eigenvalue weighted by molar-refractivity contribution is -0.138. The Balaban J connectivity index is 1.07. The molecule has 4 N–H and O–H groups in total. The van der Waals surface area contributed by atoms with E-state index in [1.165, 1.54) is 36.5 Å². The summed E-state index contributed by atoms with van der Waals surface area (Å²) in [5, 5.41) is 5.46. The van der Waals surface area contributed by atoms with Gasteiger partial charge < -0.3 is 39.9 Å². The van der Waals surface area contributed by atoms with E-state index in [1.807, 2.05) is 63.7 Å². The molecule has 308 valence electrons. The van der Waals surface area contributed by atoms with Crippen molar-refractivity contribution in [2.75, 3.05) is 14.2 Å². The monoisotopic (exact) mass is 792 g/mol. The molecule has 14 heteroatoms. The number of aromatic nitrogens is 4. The Kier molecular flexibility index (Phi) is 11.7. The van der Waals surface area contributed by atoms with Gasteiger partial charge in [-0.1, -0.05) is 52.0 Å². The lowest BCUT2D eigenvalue weighted by Gasteiger charge is -2.32. The molecule has 0 bridgehead atoms. The zero-order valence-corrected chi connectivity index (χ0v) is 34.7. The molecule has 2 fully saturated rings. The number of fused-ring (bicyclic) bond motifs is 3. The van der Waals surface area contributed by atoms with Crippen LogP contribution in [-0.2, 0) is 31.9 Å². The average molecular weight is 793 g/mol. The number of methoxy groups -OCH3 is 2. The van der Waals surface area contributed by atoms with Crippen LogP contribution in [0.1, 0.15) is 102 Å². The molecule has 14 nitrogen and oxygen atoms in total. The number of carbonyl (C=O) groups excluding carboxylic acids is 4. The van der Waals surface area contributed by atoms with Crippen LogP contribution in [0.25, 0.3) is 33.6 Å². The lowest BCUT2D eigenvalue weighted by atomic mass is 9.83. The molecular formula is C44H56N8O6. The smallest absolute Gasteiger partial charge is 0.407 e. The van der Waals surface area contributed by atoms with Crippen LogP contribution in [0.3, 0.4) is 0 Å². The molecule has 2 saturated heterocycles. The third-order valence-electron chi connectivity index (χ3n) is 12.2. The van der Waals surface area contributed by atoms with Crippen LogP contribution in [0.2, 0.25) is 0 Å². The van der Waals surface area contributed by atoms with E-state index >= 15 is 0 Å². The van der Waals surface area contributed by atoms with Crippen molar-refractivity contribution in [3.63, 3.8) is 0 Å². The van der Waals surface area contributed by atoms with E-state index in [4.69, 9.17) is 19.4 Å². The van der Waals surface area contributed by atoms with Crippen LogP contribution in [0.4, 0.5) is 9.59 Å². The fraction of sp³-hybridized carbons (Fsp3) is 0.500. The molecule has 0 spiro atoms. The number of amides is 4. The largest absolute Gasteiger partial charge is 0.453 e. The number of aromatic amines is 2. The van der Waals surface area contributed by atoms with Crippen molar-refractivity contribution in [2.24, 2.45) is 11.8 Å². The number of ether oxygens (including phenoxy) is 2. The van der Waals surface area contributed by atoms with E-state index in [0.717, 1.165) is 72.7 Å². The quantitative estimate of drug-likeness (QED) is 0.132. The predicted octanol–water partition coefficient (Wildman–Crippen LogP) is 7.10. The van der Waals surface area contributed by atoms with Crippen LogP contribution in [0.15, 0.2) is 48.8 Å². The standard InChI is InChI=1S/C44H56N8O6/c1-23(2)37(49-43(55)57-7)41(53)51-25(5)9-17-35(51)39-45-21-33(47-39)29-13-15-31-27(19-29)11-12-28-20-30(14-16-32(28)31)34-22-46-40(48-34)36-18-10-26(6)52(36)42(54)38(24(3)4)50-44(56)58-8/h13-16,19-26,35-38H,9-12,17-18H2,1-8H3,(H,45,47)(H,46,48)(H,49,55)(H,50,56)/t25-,26-,35-,36-,37-,38?/m0/s1. The number of rotatable bonds is 10. The first kappa shape index (κ1) is 40.5. The van der Waals surface area contributed by atoms with Gasteiger partial charge in [0.15, 0.2) is 0 Å². The summed E-state index contributed by atoms with van der Waals surface area (Å²) >= 11 is 0. The van der Waals surface area contributed by atoms with Gasteiger partial charge in [-0.2, -0.15) is 0 Å². The number of nitrogens with zero attached hydrogens (tertiary/aromatic N) is 4. The number of likely N-dealkylation sites (tertiary alicyclic amines) is 2. The highest BCUT2D eigenvalue weighted by atomic mass is 16.5. The number of hydrogen-bond donors (Lipinski definition) is 4. The summed E-state index contributed by atoms with van der Waals surface area (Å²) < 4.78 is 9.60. The Morgan fingerprint density at radius 3 is 1.41 bits per heavy atom. The summed E-state index contributed by atoms with van der Waals surface area (Å²) in [5.74, 6) is 0.980. The Hall–Kier alpha value is -5.66. The van der Waals surface area contributed by atoms with E-state index in [0.29, 0.717) is 0 Å². The van der Waals surface area contributed by atoms with Crippen molar-refractivity contribution >= 4 is 24.0 Å². The summed E-state index contributed by atoms with van der Waals surface area (Å²) in [5.41, 5.74) is 8.79. The first-order chi connectivity index (χ1) is 27.8. The second kappa shape index (κ2) is 16.7. The third-order valence-corrected chi connectivity index (χ3v) is 12.2. The number of imidazole rings is 2. The zero-order valence-electron chi connectivity index (χ0n) is 34.7. The van der Waals surface area contributed by atoms with Crippen molar-refractivity contribution in [3.8, 4) is 33.6 Å². The molecule has 0 radical (unpaired) electrons. The van der Waals surface area contributed by atoms with E-state index in [9.17, 15) is 19.2 Å². The van der Waals surface area contributed by atoms with Gasteiger partial charge in [0, 0.05) is 12.1 Å². The molecule has 58 heavy (non-hydrogen) atoms. The lowest BCUT2D eigenvalue weighted by Crippen LogP contribution is -2.52. The number of benzene rings is 2. The van der Waals surface area contributed by atoms with Crippen LogP contribution in [-0.4, -0.2) is 92.1 Å². The minimum Gasteiger partial charge on any atom is -0.453 e. The van der Waals surface area contributed by atoms with Gasteiger partial charge in [-0.15, -0.1) is 0 Å². The van der Waals surface area contributed by atoms with Crippen molar-refractivity contribution in [1.29, 1.82) is 0 Å². The predicted molar refractivity (Wildman–Crippen MR) is 219 cm³/mol. The van der Waals surface area contributed by atoms with E-state index in [-0.39, 0.29) is 47.8 Å². The summed E-state index contributed by atoms with van der Waals surface area (Å²) in [4.78, 5) is 72.1. The van der Waals surface area contributed by atoms with Gasteiger partial charge in [0.25, 0.3) is 0 Å². The van der Waals surface area contributed by atoms with Crippen LogP contribution >= 0.6 is 0 Å². The molecule has 2 aromatic heterocycles. The highest BCUT2D eigenvalue weighted by Gasteiger charge is 2.42. The van der Waals surface area contributed by atoms with Crippen LogP contribution in [0, 0.1) is 11.8 Å². The Morgan fingerprint density at radius 1 is 0.655 bits per heavy atom. The highest BCUT2D eigenvalue weighted by molar-refractivity contribution is 5.87. The van der Waals surface area contributed by atoms with Crippen molar-refractivity contribution in [3.05, 3.63) is 71.6 Å². The van der Waals surface area contributed by atoms with E-state index in [1.54, 1.807) is 0 Å². The van der Waals surface area contributed by atoms with E-state index < -0.39 is 24.3 Å². The van der Waals surface area contributed by atoms with Crippen molar-refractivity contribution in [2.45, 2.75) is 116 Å². The second-order valence-electron chi connectivity index (χ2n) is 16.7. The Bertz CT molecular complexity index is 2020. The number of carbonyl (C=O) groups is 4.